The molecule has 102 valence electrons. The van der Waals surface area contributed by atoms with Gasteiger partial charge in [-0.1, -0.05) is 35.2 Å². The van der Waals surface area contributed by atoms with Gasteiger partial charge in [-0.05, 0) is 31.5 Å². The molecule has 2 rings (SSSR count). The van der Waals surface area contributed by atoms with Crippen molar-refractivity contribution in [3.05, 3.63) is 29.8 Å². The number of thioether (sulfide) groups is 1. The molecule has 0 saturated carbocycles. The number of ether oxygens (including phenoxy) is 1. The first-order valence-corrected chi connectivity index (χ1v) is 7.96. The number of aryl methyl sites for hydroxylation is 1. The van der Waals surface area contributed by atoms with Crippen LogP contribution in [-0.4, -0.2) is 29.2 Å². The van der Waals surface area contributed by atoms with E-state index in [4.69, 9.17) is 4.74 Å². The molecule has 0 unspecified atom stereocenters. The minimum atomic E-state index is 0.751. The van der Waals surface area contributed by atoms with E-state index in [0.29, 0.717) is 0 Å². The fourth-order valence-electron chi connectivity index (χ4n) is 1.50. The van der Waals surface area contributed by atoms with Crippen molar-refractivity contribution in [2.24, 2.45) is 0 Å². The van der Waals surface area contributed by atoms with Gasteiger partial charge in [-0.3, -0.25) is 0 Å². The summed E-state index contributed by atoms with van der Waals surface area (Å²) in [6.07, 6.45) is 0. The van der Waals surface area contributed by atoms with E-state index in [1.165, 1.54) is 5.56 Å². The maximum Gasteiger partial charge on any atom is 0.210 e. The Morgan fingerprint density at radius 3 is 3.05 bits per heavy atom. The first-order chi connectivity index (χ1) is 9.28. The van der Waals surface area contributed by atoms with Crippen molar-refractivity contribution >= 4 is 33.9 Å². The zero-order chi connectivity index (χ0) is 13.5. The molecule has 1 aromatic carbocycles. The van der Waals surface area contributed by atoms with E-state index in [-0.39, 0.29) is 0 Å². The summed E-state index contributed by atoms with van der Waals surface area (Å²) in [6, 6.07) is 8.20. The molecule has 1 heterocycles. The molecule has 0 fully saturated rings. The molecule has 0 bridgehead atoms. The van der Waals surface area contributed by atoms with E-state index < -0.39 is 0 Å². The van der Waals surface area contributed by atoms with E-state index in [0.717, 1.165) is 34.1 Å². The second-order valence-corrected chi connectivity index (χ2v) is 6.23. The van der Waals surface area contributed by atoms with Gasteiger partial charge in [-0.15, -0.1) is 10.2 Å². The molecule has 6 heteroatoms. The Labute approximate surface area is 121 Å². The average Bonchev–Trinajstić information content (AvgIpc) is 2.82. The second-order valence-electron chi connectivity index (χ2n) is 3.91. The van der Waals surface area contributed by atoms with Crippen LogP contribution in [0.1, 0.15) is 12.5 Å². The summed E-state index contributed by atoms with van der Waals surface area (Å²) in [5.74, 6) is 0.910. The topological polar surface area (TPSA) is 47.0 Å². The zero-order valence-corrected chi connectivity index (χ0v) is 12.7. The van der Waals surface area contributed by atoms with Crippen molar-refractivity contribution in [3.8, 4) is 0 Å². The Bertz CT molecular complexity index is 516. The smallest absolute Gasteiger partial charge is 0.210 e. The summed E-state index contributed by atoms with van der Waals surface area (Å²) in [4.78, 5) is 0. The minimum Gasteiger partial charge on any atom is -0.381 e. The van der Waals surface area contributed by atoms with Crippen LogP contribution in [0.15, 0.2) is 28.6 Å². The van der Waals surface area contributed by atoms with Gasteiger partial charge < -0.3 is 10.1 Å². The van der Waals surface area contributed by atoms with Crippen LogP contribution in [0, 0.1) is 6.92 Å². The summed E-state index contributed by atoms with van der Waals surface area (Å²) < 4.78 is 6.26. The SMILES string of the molecule is CCOCCSc1nnc(Nc2cccc(C)c2)s1. The standard InChI is InChI=1S/C13H17N3OS2/c1-3-17-7-8-18-13-16-15-12(19-13)14-11-6-4-5-10(2)9-11/h4-6,9H,3,7-8H2,1-2H3,(H,14,15). The Kier molecular flexibility index (Phi) is 5.62. The number of benzene rings is 1. The lowest BCUT2D eigenvalue weighted by Crippen LogP contribution is -1.95. The van der Waals surface area contributed by atoms with Crippen molar-refractivity contribution in [1.29, 1.82) is 0 Å². The van der Waals surface area contributed by atoms with E-state index >= 15 is 0 Å². The van der Waals surface area contributed by atoms with Crippen molar-refractivity contribution in [3.63, 3.8) is 0 Å². The molecule has 1 aromatic heterocycles. The molecule has 1 N–H and O–H groups in total. The molecule has 0 aliphatic heterocycles. The Morgan fingerprint density at radius 2 is 2.26 bits per heavy atom. The summed E-state index contributed by atoms with van der Waals surface area (Å²) >= 11 is 3.24. The van der Waals surface area contributed by atoms with Crippen LogP contribution in [0.3, 0.4) is 0 Å². The van der Waals surface area contributed by atoms with Gasteiger partial charge in [0, 0.05) is 18.0 Å². The van der Waals surface area contributed by atoms with Crippen molar-refractivity contribution in [1.82, 2.24) is 10.2 Å². The van der Waals surface area contributed by atoms with Gasteiger partial charge in [-0.2, -0.15) is 0 Å². The summed E-state index contributed by atoms with van der Waals surface area (Å²) in [6.45, 7) is 5.58. The Hall–Kier alpha value is -1.11. The van der Waals surface area contributed by atoms with Gasteiger partial charge in [-0.25, -0.2) is 0 Å². The highest BCUT2D eigenvalue weighted by Gasteiger charge is 2.05. The molecule has 0 aliphatic rings. The molecule has 0 amide bonds. The van der Waals surface area contributed by atoms with Gasteiger partial charge >= 0.3 is 0 Å². The van der Waals surface area contributed by atoms with Crippen LogP contribution in [0.2, 0.25) is 0 Å². The molecule has 0 radical (unpaired) electrons. The van der Waals surface area contributed by atoms with E-state index in [9.17, 15) is 0 Å². The van der Waals surface area contributed by atoms with Gasteiger partial charge in [0.25, 0.3) is 0 Å². The van der Waals surface area contributed by atoms with E-state index in [1.54, 1.807) is 23.1 Å². The van der Waals surface area contributed by atoms with E-state index in [2.05, 4.69) is 34.6 Å². The lowest BCUT2D eigenvalue weighted by molar-refractivity contribution is 0.164. The number of rotatable bonds is 7. The predicted molar refractivity (Wildman–Crippen MR) is 81.6 cm³/mol. The quantitative estimate of drug-likeness (QED) is 0.623. The number of nitrogens with zero attached hydrogens (tertiary/aromatic N) is 2. The van der Waals surface area contributed by atoms with Crippen LogP contribution in [0.4, 0.5) is 10.8 Å². The molecular formula is C13H17N3OS2. The highest BCUT2D eigenvalue weighted by atomic mass is 32.2. The van der Waals surface area contributed by atoms with Crippen LogP contribution in [0.5, 0.6) is 0 Å². The Balaban J connectivity index is 1.87. The third kappa shape index (κ3) is 4.81. The number of aromatic nitrogens is 2. The fraction of sp³-hybridized carbons (Fsp3) is 0.385. The normalized spacial score (nSPS) is 10.6. The summed E-state index contributed by atoms with van der Waals surface area (Å²) in [5.41, 5.74) is 2.27. The molecule has 0 spiro atoms. The third-order valence-electron chi connectivity index (χ3n) is 2.33. The van der Waals surface area contributed by atoms with Crippen LogP contribution < -0.4 is 5.32 Å². The second kappa shape index (κ2) is 7.47. The lowest BCUT2D eigenvalue weighted by Gasteiger charge is -2.01. The van der Waals surface area contributed by atoms with E-state index in [1.807, 2.05) is 19.1 Å². The molecular weight excluding hydrogens is 278 g/mol. The fourth-order valence-corrected chi connectivity index (χ4v) is 3.19. The molecule has 2 aromatic rings. The summed E-state index contributed by atoms with van der Waals surface area (Å²) in [7, 11) is 0. The van der Waals surface area contributed by atoms with Crippen LogP contribution >= 0.6 is 23.1 Å². The monoisotopic (exact) mass is 295 g/mol. The largest absolute Gasteiger partial charge is 0.381 e. The van der Waals surface area contributed by atoms with Gasteiger partial charge in [0.1, 0.15) is 0 Å². The minimum absolute atomic E-state index is 0.751. The molecule has 0 saturated heterocycles. The molecule has 0 atom stereocenters. The van der Waals surface area contributed by atoms with Crippen LogP contribution in [-0.2, 0) is 4.74 Å². The highest BCUT2D eigenvalue weighted by molar-refractivity contribution is 8.01. The van der Waals surface area contributed by atoms with Crippen molar-refractivity contribution in [2.45, 2.75) is 18.2 Å². The van der Waals surface area contributed by atoms with Crippen molar-refractivity contribution in [2.75, 3.05) is 24.3 Å². The van der Waals surface area contributed by atoms with Crippen molar-refractivity contribution < 1.29 is 4.74 Å². The third-order valence-corrected chi connectivity index (χ3v) is 4.27. The van der Waals surface area contributed by atoms with Gasteiger partial charge in [0.2, 0.25) is 5.13 Å². The first-order valence-electron chi connectivity index (χ1n) is 6.15. The van der Waals surface area contributed by atoms with Gasteiger partial charge in [0.05, 0.1) is 6.61 Å². The molecule has 19 heavy (non-hydrogen) atoms. The van der Waals surface area contributed by atoms with Crippen LogP contribution in [0.25, 0.3) is 0 Å². The Morgan fingerprint density at radius 1 is 1.37 bits per heavy atom. The number of hydrogen-bond donors (Lipinski definition) is 1. The lowest BCUT2D eigenvalue weighted by atomic mass is 10.2. The highest BCUT2D eigenvalue weighted by Crippen LogP contribution is 2.27. The maximum absolute atomic E-state index is 5.29. The first kappa shape index (κ1) is 14.3. The summed E-state index contributed by atoms with van der Waals surface area (Å²) in [5, 5.41) is 12.4. The predicted octanol–water partition coefficient (Wildman–Crippen LogP) is 3.72. The number of nitrogens with one attached hydrogen (secondary N) is 1. The molecule has 4 nitrogen and oxygen atoms in total. The number of hydrogen-bond acceptors (Lipinski definition) is 6. The average molecular weight is 295 g/mol. The molecule has 0 aliphatic carbocycles. The number of anilines is 2. The maximum atomic E-state index is 5.29. The zero-order valence-electron chi connectivity index (χ0n) is 11.0. The van der Waals surface area contributed by atoms with Gasteiger partial charge in [0.15, 0.2) is 4.34 Å².